The fourth-order valence-electron chi connectivity index (χ4n) is 3.21. The van der Waals surface area contributed by atoms with Crippen molar-refractivity contribution in [3.05, 3.63) is 44.8 Å². The van der Waals surface area contributed by atoms with E-state index in [2.05, 4.69) is 5.10 Å². The Morgan fingerprint density at radius 3 is 2.43 bits per heavy atom. The van der Waals surface area contributed by atoms with Crippen LogP contribution in [-0.4, -0.2) is 57.4 Å². The number of urea groups is 1. The zero-order valence-corrected chi connectivity index (χ0v) is 16.5. The predicted molar refractivity (Wildman–Crippen MR) is 104 cm³/mol. The molecule has 144 valence electrons. The average Bonchev–Trinajstić information content (AvgIpc) is 3.46. The van der Waals surface area contributed by atoms with E-state index in [1.165, 1.54) is 27.7 Å². The van der Waals surface area contributed by atoms with Gasteiger partial charge in [-0.05, 0) is 29.8 Å². The van der Waals surface area contributed by atoms with Gasteiger partial charge in [0.15, 0.2) is 0 Å². The Kier molecular flexibility index (Phi) is 4.82. The number of carbonyl (C=O) groups is 4. The van der Waals surface area contributed by atoms with E-state index in [1.54, 1.807) is 6.92 Å². The van der Waals surface area contributed by atoms with Crippen molar-refractivity contribution in [2.24, 2.45) is 5.10 Å². The number of nitrogens with zero attached hydrogens (tertiary/aromatic N) is 4. The van der Waals surface area contributed by atoms with E-state index < -0.39 is 30.3 Å². The van der Waals surface area contributed by atoms with Crippen LogP contribution < -0.4 is 0 Å². The number of imide groups is 2. The summed E-state index contributed by atoms with van der Waals surface area (Å²) < 4.78 is 0. The van der Waals surface area contributed by atoms with Gasteiger partial charge in [0.2, 0.25) is 0 Å². The van der Waals surface area contributed by atoms with Gasteiger partial charge in [0.1, 0.15) is 6.54 Å². The summed E-state index contributed by atoms with van der Waals surface area (Å²) in [4.78, 5) is 52.7. The maximum absolute atomic E-state index is 13.0. The van der Waals surface area contributed by atoms with Crippen molar-refractivity contribution in [3.63, 3.8) is 0 Å². The van der Waals surface area contributed by atoms with Gasteiger partial charge in [0, 0.05) is 17.8 Å². The lowest BCUT2D eigenvalue weighted by atomic mass is 10.1. The highest BCUT2D eigenvalue weighted by Gasteiger charge is 2.46. The quantitative estimate of drug-likeness (QED) is 0.552. The molecule has 5 amide bonds. The van der Waals surface area contributed by atoms with E-state index in [4.69, 9.17) is 0 Å². The molecule has 4 heterocycles. The molecule has 1 atom stereocenters. The number of hydrogen-bond acceptors (Lipinski definition) is 7. The number of likely N-dealkylation sites (N-methyl/N-ethyl adjacent to an activating group) is 1. The predicted octanol–water partition coefficient (Wildman–Crippen LogP) is 2.30. The lowest BCUT2D eigenvalue weighted by Gasteiger charge is -2.22. The monoisotopic (exact) mass is 416 g/mol. The molecule has 1 saturated heterocycles. The molecule has 2 aromatic rings. The molecule has 0 bridgehead atoms. The van der Waals surface area contributed by atoms with Crippen LogP contribution >= 0.6 is 22.7 Å². The van der Waals surface area contributed by atoms with Gasteiger partial charge in [-0.25, -0.2) is 14.7 Å². The third kappa shape index (κ3) is 3.04. The highest BCUT2D eigenvalue weighted by atomic mass is 32.1. The Hall–Kier alpha value is -2.85. The molecule has 0 aromatic carbocycles. The van der Waals surface area contributed by atoms with Gasteiger partial charge in [-0.2, -0.15) is 5.10 Å². The van der Waals surface area contributed by atoms with Gasteiger partial charge in [-0.3, -0.25) is 19.3 Å². The van der Waals surface area contributed by atoms with Crippen LogP contribution in [0.3, 0.4) is 0 Å². The van der Waals surface area contributed by atoms with Gasteiger partial charge in [-0.1, -0.05) is 12.1 Å². The summed E-state index contributed by atoms with van der Waals surface area (Å²) in [6.07, 6.45) is 0.550. The third-order valence-electron chi connectivity index (χ3n) is 4.59. The Bertz CT molecular complexity index is 968. The molecule has 8 nitrogen and oxygen atoms in total. The summed E-state index contributed by atoms with van der Waals surface area (Å²) in [7, 11) is 0. The number of amides is 5. The molecule has 0 saturated carbocycles. The van der Waals surface area contributed by atoms with E-state index in [1.807, 2.05) is 35.0 Å². The van der Waals surface area contributed by atoms with Crippen LogP contribution in [0.5, 0.6) is 0 Å². The summed E-state index contributed by atoms with van der Waals surface area (Å²) in [6.45, 7) is 1.17. The molecule has 2 aliphatic rings. The van der Waals surface area contributed by atoms with E-state index in [-0.39, 0.29) is 12.6 Å². The molecular weight excluding hydrogens is 400 g/mol. The molecule has 4 rings (SSSR count). The molecule has 0 spiro atoms. The van der Waals surface area contributed by atoms with E-state index in [9.17, 15) is 19.2 Å². The first kappa shape index (κ1) is 18.5. The topological polar surface area (TPSA) is 90.4 Å². The minimum absolute atomic E-state index is 0.0797. The first-order chi connectivity index (χ1) is 13.5. The molecular formula is C18H16N4O4S2. The zero-order chi connectivity index (χ0) is 19.8. The van der Waals surface area contributed by atoms with Crippen LogP contribution in [0.25, 0.3) is 0 Å². The second-order valence-electron chi connectivity index (χ2n) is 6.22. The van der Waals surface area contributed by atoms with Crippen LogP contribution in [0.15, 0.2) is 40.1 Å². The molecule has 0 N–H and O–H groups in total. The second kappa shape index (κ2) is 7.28. The van der Waals surface area contributed by atoms with Crippen LogP contribution in [0.4, 0.5) is 4.79 Å². The maximum atomic E-state index is 13.0. The standard InChI is InChI=1S/C18H16N4O4S2/c1-2-20-16(24)17(25)21(18(20)26)10-15(23)22-12(14-6-4-8-28-14)9-11(19-22)13-5-3-7-27-13/h3-8,12H,2,9-10H2,1H3/t12-/m0/s1. The number of carbonyl (C=O) groups excluding carboxylic acids is 4. The fraction of sp³-hybridized carbons (Fsp3) is 0.278. The minimum atomic E-state index is -0.977. The Balaban J connectivity index is 1.59. The minimum Gasteiger partial charge on any atom is -0.271 e. The summed E-state index contributed by atoms with van der Waals surface area (Å²) in [5, 5.41) is 9.68. The molecule has 10 heteroatoms. The van der Waals surface area contributed by atoms with Crippen molar-refractivity contribution < 1.29 is 19.2 Å². The Morgan fingerprint density at radius 2 is 1.82 bits per heavy atom. The van der Waals surface area contributed by atoms with Crippen molar-refractivity contribution in [1.82, 2.24) is 14.8 Å². The largest absolute Gasteiger partial charge is 0.334 e. The van der Waals surface area contributed by atoms with Gasteiger partial charge < -0.3 is 0 Å². The smallest absolute Gasteiger partial charge is 0.271 e. The highest BCUT2D eigenvalue weighted by Crippen LogP contribution is 2.36. The van der Waals surface area contributed by atoms with E-state index in [0.717, 1.165) is 20.4 Å². The first-order valence-electron chi connectivity index (χ1n) is 8.65. The maximum Gasteiger partial charge on any atom is 0.334 e. The normalized spacial score (nSPS) is 19.8. The Labute approximate surface area is 168 Å². The van der Waals surface area contributed by atoms with Gasteiger partial charge in [0.05, 0.1) is 16.6 Å². The molecule has 28 heavy (non-hydrogen) atoms. The SMILES string of the molecule is CCN1C(=O)C(=O)N(CC(=O)N2N=C(c3cccs3)C[C@H]2c2cccs2)C1=O. The van der Waals surface area contributed by atoms with Crippen molar-refractivity contribution in [2.75, 3.05) is 13.1 Å². The molecule has 0 radical (unpaired) electrons. The number of rotatable bonds is 5. The summed E-state index contributed by atoms with van der Waals surface area (Å²) >= 11 is 3.05. The van der Waals surface area contributed by atoms with E-state index >= 15 is 0 Å². The zero-order valence-electron chi connectivity index (χ0n) is 14.9. The highest BCUT2D eigenvalue weighted by molar-refractivity contribution is 7.12. The molecule has 0 aliphatic carbocycles. The molecule has 0 unspecified atom stereocenters. The number of hydrogen-bond donors (Lipinski definition) is 0. The van der Waals surface area contributed by atoms with Crippen molar-refractivity contribution >= 4 is 52.1 Å². The van der Waals surface area contributed by atoms with Crippen LogP contribution in [0.1, 0.15) is 29.1 Å². The van der Waals surface area contributed by atoms with Crippen LogP contribution in [0.2, 0.25) is 0 Å². The molecule has 2 aliphatic heterocycles. The average molecular weight is 416 g/mol. The van der Waals surface area contributed by atoms with Crippen molar-refractivity contribution in [1.29, 1.82) is 0 Å². The summed E-state index contributed by atoms with van der Waals surface area (Å²) in [6, 6.07) is 6.62. The second-order valence-corrected chi connectivity index (χ2v) is 8.15. The summed E-state index contributed by atoms with van der Waals surface area (Å²) in [5.41, 5.74) is 0.784. The molecule has 1 fully saturated rings. The van der Waals surface area contributed by atoms with Crippen molar-refractivity contribution in [3.8, 4) is 0 Å². The number of hydrazone groups is 1. The van der Waals surface area contributed by atoms with Crippen LogP contribution in [-0.2, 0) is 14.4 Å². The first-order valence-corrected chi connectivity index (χ1v) is 10.4. The van der Waals surface area contributed by atoms with Gasteiger partial charge in [-0.15, -0.1) is 22.7 Å². The summed E-state index contributed by atoms with van der Waals surface area (Å²) in [5.74, 6) is -2.38. The fourth-order valence-corrected chi connectivity index (χ4v) is 4.74. The lowest BCUT2D eigenvalue weighted by molar-refractivity contribution is -0.145. The van der Waals surface area contributed by atoms with Crippen molar-refractivity contribution in [2.45, 2.75) is 19.4 Å². The van der Waals surface area contributed by atoms with E-state index in [0.29, 0.717) is 11.3 Å². The van der Waals surface area contributed by atoms with Crippen LogP contribution in [0, 0.1) is 0 Å². The lowest BCUT2D eigenvalue weighted by Crippen LogP contribution is -2.41. The van der Waals surface area contributed by atoms with Gasteiger partial charge >= 0.3 is 17.8 Å². The molecule has 2 aromatic heterocycles. The third-order valence-corrected chi connectivity index (χ3v) is 6.48. The number of thiophene rings is 2. The Morgan fingerprint density at radius 1 is 1.11 bits per heavy atom. The van der Waals surface area contributed by atoms with Gasteiger partial charge in [0.25, 0.3) is 5.91 Å².